The minimum absolute atomic E-state index is 0.0249. The average molecular weight is 276 g/mol. The van der Waals surface area contributed by atoms with Gasteiger partial charge in [0.05, 0.1) is 6.04 Å². The normalized spacial score (nSPS) is 26.8. The van der Waals surface area contributed by atoms with Crippen LogP contribution in [0, 0.1) is 5.82 Å². The molecule has 2 aliphatic heterocycles. The molecule has 0 aliphatic carbocycles. The summed E-state index contributed by atoms with van der Waals surface area (Å²) in [4.78, 5) is 14.3. The van der Waals surface area contributed by atoms with E-state index in [0.717, 1.165) is 44.3 Å². The summed E-state index contributed by atoms with van der Waals surface area (Å²) in [6.07, 6.45) is 4.06. The van der Waals surface area contributed by atoms with Crippen molar-refractivity contribution in [2.75, 3.05) is 19.6 Å². The van der Waals surface area contributed by atoms with Crippen molar-refractivity contribution in [3.05, 3.63) is 35.6 Å². The van der Waals surface area contributed by atoms with Crippen LogP contribution in [-0.4, -0.2) is 36.5 Å². The zero-order valence-corrected chi connectivity index (χ0v) is 11.6. The molecule has 0 saturated carbocycles. The van der Waals surface area contributed by atoms with Crippen molar-refractivity contribution in [3.63, 3.8) is 0 Å². The van der Waals surface area contributed by atoms with Crippen LogP contribution in [-0.2, 0) is 4.79 Å². The lowest BCUT2D eigenvalue weighted by atomic mass is 9.98. The zero-order valence-electron chi connectivity index (χ0n) is 11.6. The van der Waals surface area contributed by atoms with Gasteiger partial charge in [0.2, 0.25) is 5.91 Å². The summed E-state index contributed by atoms with van der Waals surface area (Å²) in [7, 11) is 0. The van der Waals surface area contributed by atoms with E-state index in [2.05, 4.69) is 5.32 Å². The highest BCUT2D eigenvalue weighted by Gasteiger charge is 2.32. The minimum Gasteiger partial charge on any atom is -0.341 e. The molecule has 2 fully saturated rings. The number of hydrogen-bond acceptors (Lipinski definition) is 2. The number of carbonyl (C=O) groups is 1. The fourth-order valence-corrected chi connectivity index (χ4v) is 3.30. The molecule has 2 aliphatic rings. The van der Waals surface area contributed by atoms with E-state index >= 15 is 0 Å². The van der Waals surface area contributed by atoms with Gasteiger partial charge in [-0.1, -0.05) is 24.6 Å². The molecule has 0 bridgehead atoms. The summed E-state index contributed by atoms with van der Waals surface area (Å²) < 4.78 is 13.8. The summed E-state index contributed by atoms with van der Waals surface area (Å²) >= 11 is 0. The number of rotatable bonds is 2. The van der Waals surface area contributed by atoms with Crippen molar-refractivity contribution < 1.29 is 9.18 Å². The summed E-state index contributed by atoms with van der Waals surface area (Å²) in [6.45, 7) is 2.33. The van der Waals surface area contributed by atoms with Gasteiger partial charge < -0.3 is 10.2 Å². The maximum Gasteiger partial charge on any atom is 0.239 e. The minimum atomic E-state index is -0.150. The number of amides is 1. The van der Waals surface area contributed by atoms with Crippen molar-refractivity contribution >= 4 is 5.91 Å². The Morgan fingerprint density at radius 3 is 2.85 bits per heavy atom. The first-order valence-corrected chi connectivity index (χ1v) is 7.52. The fraction of sp³-hybridized carbons (Fsp3) is 0.562. The van der Waals surface area contributed by atoms with E-state index in [4.69, 9.17) is 0 Å². The summed E-state index contributed by atoms with van der Waals surface area (Å²) in [5, 5.41) is 3.30. The maximum atomic E-state index is 13.8. The van der Waals surface area contributed by atoms with Gasteiger partial charge in [0.15, 0.2) is 0 Å². The molecule has 0 unspecified atom stereocenters. The second-order valence-corrected chi connectivity index (χ2v) is 5.79. The van der Waals surface area contributed by atoms with Gasteiger partial charge in [-0.15, -0.1) is 0 Å². The lowest BCUT2D eigenvalue weighted by Gasteiger charge is -2.27. The molecule has 108 valence electrons. The van der Waals surface area contributed by atoms with E-state index in [1.807, 2.05) is 17.0 Å². The second kappa shape index (κ2) is 5.92. The first kappa shape index (κ1) is 13.6. The number of hydrogen-bond donors (Lipinski definition) is 1. The summed E-state index contributed by atoms with van der Waals surface area (Å²) in [6, 6.07) is 6.90. The van der Waals surface area contributed by atoms with Crippen LogP contribution in [0.2, 0.25) is 0 Å². The van der Waals surface area contributed by atoms with Crippen LogP contribution in [0.25, 0.3) is 0 Å². The van der Waals surface area contributed by atoms with Gasteiger partial charge in [0, 0.05) is 19.0 Å². The topological polar surface area (TPSA) is 32.3 Å². The van der Waals surface area contributed by atoms with Crippen LogP contribution in [0.1, 0.15) is 37.2 Å². The zero-order chi connectivity index (χ0) is 13.9. The highest BCUT2D eigenvalue weighted by molar-refractivity contribution is 5.82. The number of nitrogens with zero attached hydrogens (tertiary/aromatic N) is 1. The van der Waals surface area contributed by atoms with E-state index in [1.54, 1.807) is 6.07 Å². The average Bonchev–Trinajstić information content (AvgIpc) is 2.97. The molecule has 0 spiro atoms. The van der Waals surface area contributed by atoms with E-state index in [1.165, 1.54) is 6.07 Å². The standard InChI is InChI=1S/C16H21FN2O/c17-14-6-2-1-5-13(14)12-8-10-19(11-12)16(20)15-7-3-4-9-18-15/h1-2,5-6,12,15,18H,3-4,7-11H2/t12-,15+/m0/s1. The van der Waals surface area contributed by atoms with Crippen molar-refractivity contribution in [1.82, 2.24) is 10.2 Å². The SMILES string of the molecule is O=C([C@H]1CCCCN1)N1CC[C@H](c2ccccc2F)C1. The predicted octanol–water partition coefficient (Wildman–Crippen LogP) is 2.28. The Morgan fingerprint density at radius 1 is 1.25 bits per heavy atom. The monoisotopic (exact) mass is 276 g/mol. The molecule has 1 aromatic rings. The highest BCUT2D eigenvalue weighted by Crippen LogP contribution is 2.29. The molecule has 4 heteroatoms. The molecule has 2 saturated heterocycles. The highest BCUT2D eigenvalue weighted by atomic mass is 19.1. The Bertz CT molecular complexity index is 485. The van der Waals surface area contributed by atoms with Crippen molar-refractivity contribution in [1.29, 1.82) is 0 Å². The number of carbonyl (C=O) groups excluding carboxylic acids is 1. The van der Waals surface area contributed by atoms with Crippen LogP contribution in [0.4, 0.5) is 4.39 Å². The van der Waals surface area contributed by atoms with Crippen LogP contribution in [0.5, 0.6) is 0 Å². The van der Waals surface area contributed by atoms with E-state index < -0.39 is 0 Å². The third-order valence-electron chi connectivity index (χ3n) is 4.45. The van der Waals surface area contributed by atoms with Crippen LogP contribution >= 0.6 is 0 Å². The number of nitrogens with one attached hydrogen (secondary N) is 1. The summed E-state index contributed by atoms with van der Waals surface area (Å²) in [5.74, 6) is 0.190. The largest absolute Gasteiger partial charge is 0.341 e. The van der Waals surface area contributed by atoms with E-state index in [0.29, 0.717) is 6.54 Å². The Hall–Kier alpha value is -1.42. The van der Waals surface area contributed by atoms with E-state index in [-0.39, 0.29) is 23.7 Å². The Kier molecular flexibility index (Phi) is 4.01. The molecule has 20 heavy (non-hydrogen) atoms. The van der Waals surface area contributed by atoms with Gasteiger partial charge in [-0.05, 0) is 37.4 Å². The predicted molar refractivity (Wildman–Crippen MR) is 76.0 cm³/mol. The Labute approximate surface area is 119 Å². The van der Waals surface area contributed by atoms with Gasteiger partial charge in [-0.2, -0.15) is 0 Å². The van der Waals surface area contributed by atoms with Gasteiger partial charge in [0.25, 0.3) is 0 Å². The Balaban J connectivity index is 1.64. The van der Waals surface area contributed by atoms with Crippen LogP contribution in [0.15, 0.2) is 24.3 Å². The molecule has 3 rings (SSSR count). The van der Waals surface area contributed by atoms with Crippen molar-refractivity contribution in [3.8, 4) is 0 Å². The van der Waals surface area contributed by atoms with E-state index in [9.17, 15) is 9.18 Å². The molecular weight excluding hydrogens is 255 g/mol. The third-order valence-corrected chi connectivity index (χ3v) is 4.45. The van der Waals surface area contributed by atoms with Crippen LogP contribution < -0.4 is 5.32 Å². The molecule has 2 heterocycles. The lowest BCUT2D eigenvalue weighted by molar-refractivity contribution is -0.133. The smallest absolute Gasteiger partial charge is 0.239 e. The third kappa shape index (κ3) is 2.70. The molecule has 0 aromatic heterocycles. The van der Waals surface area contributed by atoms with Gasteiger partial charge in [-0.3, -0.25) is 4.79 Å². The lowest BCUT2D eigenvalue weighted by Crippen LogP contribution is -2.47. The first-order valence-electron chi connectivity index (χ1n) is 7.52. The van der Waals surface area contributed by atoms with Crippen LogP contribution in [0.3, 0.4) is 0 Å². The molecule has 1 aromatic carbocycles. The molecule has 1 amide bonds. The summed E-state index contributed by atoms with van der Waals surface area (Å²) in [5.41, 5.74) is 0.749. The Morgan fingerprint density at radius 2 is 2.10 bits per heavy atom. The molecule has 2 atom stereocenters. The molecule has 0 radical (unpaired) electrons. The maximum absolute atomic E-state index is 13.8. The molecule has 3 nitrogen and oxygen atoms in total. The van der Waals surface area contributed by atoms with Gasteiger partial charge in [-0.25, -0.2) is 4.39 Å². The van der Waals surface area contributed by atoms with Gasteiger partial charge in [0.1, 0.15) is 5.82 Å². The number of halogens is 1. The molecule has 1 N–H and O–H groups in total. The van der Waals surface area contributed by atoms with Crippen molar-refractivity contribution in [2.24, 2.45) is 0 Å². The number of likely N-dealkylation sites (tertiary alicyclic amines) is 1. The quantitative estimate of drug-likeness (QED) is 0.899. The van der Waals surface area contributed by atoms with Gasteiger partial charge >= 0.3 is 0 Å². The number of piperidine rings is 1. The van der Waals surface area contributed by atoms with Crippen molar-refractivity contribution in [2.45, 2.75) is 37.6 Å². The molecular formula is C16H21FN2O. The fourth-order valence-electron chi connectivity index (χ4n) is 3.30. The number of benzene rings is 1. The second-order valence-electron chi connectivity index (χ2n) is 5.79. The first-order chi connectivity index (χ1) is 9.75.